The van der Waals surface area contributed by atoms with Gasteiger partial charge in [0.05, 0.1) is 27.9 Å². The summed E-state index contributed by atoms with van der Waals surface area (Å²) < 4.78 is 16.1. The van der Waals surface area contributed by atoms with Crippen molar-refractivity contribution in [1.82, 2.24) is 4.90 Å². The number of hydrogen-bond acceptors (Lipinski definition) is 5. The Balaban J connectivity index is 2.05. The second-order valence-corrected chi connectivity index (χ2v) is 6.55. The van der Waals surface area contributed by atoms with Gasteiger partial charge in [0.15, 0.2) is 11.5 Å². The average Bonchev–Trinajstić information content (AvgIpc) is 3.16. The molecule has 2 rings (SSSR count). The number of benzene rings is 1. The summed E-state index contributed by atoms with van der Waals surface area (Å²) in [6.45, 7) is 3.37. The molecular weight excluding hydrogens is 338 g/mol. The summed E-state index contributed by atoms with van der Waals surface area (Å²) in [4.78, 5) is 15.6. The van der Waals surface area contributed by atoms with Gasteiger partial charge in [-0.15, -0.1) is 11.3 Å². The molecule has 0 aliphatic carbocycles. The fraction of sp³-hybridized carbons (Fsp3) is 0.421. The highest BCUT2D eigenvalue weighted by Gasteiger charge is 2.16. The summed E-state index contributed by atoms with van der Waals surface area (Å²) in [7, 11) is 4.76. The molecule has 0 spiro atoms. The van der Waals surface area contributed by atoms with Crippen LogP contribution < -0.4 is 14.2 Å². The molecule has 2 aromatic rings. The first-order chi connectivity index (χ1) is 12.1. The third-order valence-electron chi connectivity index (χ3n) is 4.01. The van der Waals surface area contributed by atoms with E-state index in [1.165, 1.54) is 4.88 Å². The number of carbonyl (C=O) groups is 1. The second-order valence-electron chi connectivity index (χ2n) is 5.52. The van der Waals surface area contributed by atoms with Crippen molar-refractivity contribution in [2.75, 3.05) is 27.9 Å². The van der Waals surface area contributed by atoms with E-state index in [0.29, 0.717) is 43.2 Å². The molecule has 0 saturated heterocycles. The molecule has 0 saturated carbocycles. The van der Waals surface area contributed by atoms with Gasteiger partial charge in [0.1, 0.15) is 0 Å². The highest BCUT2D eigenvalue weighted by Crippen LogP contribution is 2.38. The fourth-order valence-electron chi connectivity index (χ4n) is 2.66. The first-order valence-electron chi connectivity index (χ1n) is 8.21. The summed E-state index contributed by atoms with van der Waals surface area (Å²) in [5.74, 6) is 1.92. The van der Waals surface area contributed by atoms with E-state index in [9.17, 15) is 4.79 Å². The van der Waals surface area contributed by atoms with Gasteiger partial charge in [-0.2, -0.15) is 0 Å². The molecule has 1 heterocycles. The minimum absolute atomic E-state index is 0.143. The third-order valence-corrected chi connectivity index (χ3v) is 4.87. The Bertz CT molecular complexity index is 660. The molecule has 6 heteroatoms. The summed E-state index contributed by atoms with van der Waals surface area (Å²) in [6, 6.07) is 7.85. The molecule has 0 atom stereocenters. The minimum atomic E-state index is 0.143. The summed E-state index contributed by atoms with van der Waals surface area (Å²) in [5.41, 5.74) is 0.982. The maximum Gasteiger partial charge on any atom is 0.223 e. The van der Waals surface area contributed by atoms with Crippen LogP contribution in [0.25, 0.3) is 0 Å². The molecule has 0 bridgehead atoms. The zero-order valence-corrected chi connectivity index (χ0v) is 16.0. The van der Waals surface area contributed by atoms with Crippen LogP contribution in [0.4, 0.5) is 0 Å². The van der Waals surface area contributed by atoms with Crippen LogP contribution in [0.1, 0.15) is 23.8 Å². The van der Waals surface area contributed by atoms with Crippen molar-refractivity contribution in [3.8, 4) is 17.2 Å². The highest BCUT2D eigenvalue weighted by molar-refractivity contribution is 7.09. The SMILES string of the molecule is CCN(Cc1cccs1)C(=O)CCc1cc(OC)c(OC)c(OC)c1. The lowest BCUT2D eigenvalue weighted by Crippen LogP contribution is -2.30. The number of methoxy groups -OCH3 is 3. The number of amides is 1. The molecule has 25 heavy (non-hydrogen) atoms. The van der Waals surface area contributed by atoms with E-state index in [-0.39, 0.29) is 5.91 Å². The molecular formula is C19H25NO4S. The predicted molar refractivity (Wildman–Crippen MR) is 99.8 cm³/mol. The quantitative estimate of drug-likeness (QED) is 0.681. The van der Waals surface area contributed by atoms with Gasteiger partial charge in [0.2, 0.25) is 11.7 Å². The van der Waals surface area contributed by atoms with Crippen molar-refractivity contribution >= 4 is 17.2 Å². The lowest BCUT2D eigenvalue weighted by Gasteiger charge is -2.20. The summed E-state index contributed by atoms with van der Waals surface area (Å²) >= 11 is 1.67. The molecule has 0 aliphatic rings. The lowest BCUT2D eigenvalue weighted by molar-refractivity contribution is -0.131. The van der Waals surface area contributed by atoms with Crippen LogP contribution in [0.2, 0.25) is 0 Å². The lowest BCUT2D eigenvalue weighted by atomic mass is 10.1. The summed E-state index contributed by atoms with van der Waals surface area (Å²) in [6.07, 6.45) is 1.06. The van der Waals surface area contributed by atoms with E-state index in [2.05, 4.69) is 6.07 Å². The van der Waals surface area contributed by atoms with Gasteiger partial charge in [-0.25, -0.2) is 0 Å². The van der Waals surface area contributed by atoms with E-state index in [4.69, 9.17) is 14.2 Å². The van der Waals surface area contributed by atoms with Gasteiger partial charge < -0.3 is 19.1 Å². The zero-order chi connectivity index (χ0) is 18.2. The molecule has 1 aromatic carbocycles. The Labute approximate surface area is 153 Å². The summed E-state index contributed by atoms with van der Waals surface area (Å²) in [5, 5.41) is 2.03. The van der Waals surface area contributed by atoms with Crippen molar-refractivity contribution in [2.24, 2.45) is 0 Å². The van der Waals surface area contributed by atoms with Crippen LogP contribution in [-0.2, 0) is 17.8 Å². The highest BCUT2D eigenvalue weighted by atomic mass is 32.1. The minimum Gasteiger partial charge on any atom is -0.493 e. The van der Waals surface area contributed by atoms with Gasteiger partial charge in [0, 0.05) is 17.8 Å². The molecule has 1 amide bonds. The smallest absolute Gasteiger partial charge is 0.223 e. The van der Waals surface area contributed by atoms with Gasteiger partial charge in [-0.3, -0.25) is 4.79 Å². The normalized spacial score (nSPS) is 10.4. The van der Waals surface area contributed by atoms with Crippen LogP contribution in [-0.4, -0.2) is 38.7 Å². The number of hydrogen-bond donors (Lipinski definition) is 0. The largest absolute Gasteiger partial charge is 0.493 e. The van der Waals surface area contributed by atoms with E-state index in [0.717, 1.165) is 5.56 Å². The first kappa shape index (κ1) is 19.1. The van der Waals surface area contributed by atoms with Crippen LogP contribution in [0.15, 0.2) is 29.6 Å². The van der Waals surface area contributed by atoms with Gasteiger partial charge >= 0.3 is 0 Å². The van der Waals surface area contributed by atoms with Crippen LogP contribution >= 0.6 is 11.3 Å². The molecule has 1 aromatic heterocycles. The van der Waals surface area contributed by atoms with Crippen molar-refractivity contribution in [3.63, 3.8) is 0 Å². The van der Waals surface area contributed by atoms with Crippen molar-refractivity contribution in [2.45, 2.75) is 26.3 Å². The van der Waals surface area contributed by atoms with Crippen LogP contribution in [0.5, 0.6) is 17.2 Å². The van der Waals surface area contributed by atoms with Crippen LogP contribution in [0, 0.1) is 0 Å². The number of carbonyl (C=O) groups excluding carboxylic acids is 1. The Kier molecular flexibility index (Phi) is 7.13. The van der Waals surface area contributed by atoms with Crippen LogP contribution in [0.3, 0.4) is 0 Å². The van der Waals surface area contributed by atoms with E-state index >= 15 is 0 Å². The van der Waals surface area contributed by atoms with Crippen molar-refractivity contribution in [3.05, 3.63) is 40.1 Å². The molecule has 136 valence electrons. The van der Waals surface area contributed by atoms with Crippen molar-refractivity contribution < 1.29 is 19.0 Å². The molecule has 0 radical (unpaired) electrons. The van der Waals surface area contributed by atoms with E-state index in [1.54, 1.807) is 32.7 Å². The molecule has 0 unspecified atom stereocenters. The van der Waals surface area contributed by atoms with Gasteiger partial charge in [-0.05, 0) is 42.5 Å². The average molecular weight is 363 g/mol. The Morgan fingerprint density at radius 1 is 1.12 bits per heavy atom. The maximum absolute atomic E-state index is 12.5. The Morgan fingerprint density at radius 3 is 2.28 bits per heavy atom. The number of thiophene rings is 1. The predicted octanol–water partition coefficient (Wildman–Crippen LogP) is 3.76. The fourth-order valence-corrected chi connectivity index (χ4v) is 3.38. The van der Waals surface area contributed by atoms with E-state index in [1.807, 2.05) is 35.4 Å². The second kappa shape index (κ2) is 9.32. The number of aryl methyl sites for hydroxylation is 1. The number of rotatable bonds is 9. The zero-order valence-electron chi connectivity index (χ0n) is 15.2. The topological polar surface area (TPSA) is 48.0 Å². The number of nitrogens with zero attached hydrogens (tertiary/aromatic N) is 1. The Morgan fingerprint density at radius 2 is 1.80 bits per heavy atom. The molecule has 0 aliphatic heterocycles. The van der Waals surface area contributed by atoms with E-state index < -0.39 is 0 Å². The Hall–Kier alpha value is -2.21. The first-order valence-corrected chi connectivity index (χ1v) is 9.09. The third kappa shape index (κ3) is 4.89. The molecule has 0 N–H and O–H groups in total. The number of ether oxygens (including phenoxy) is 3. The van der Waals surface area contributed by atoms with Gasteiger partial charge in [0.25, 0.3) is 0 Å². The molecule has 5 nitrogen and oxygen atoms in total. The van der Waals surface area contributed by atoms with Gasteiger partial charge in [-0.1, -0.05) is 6.07 Å². The standard InChI is InChI=1S/C19H25NO4S/c1-5-20(13-15-7-6-10-25-15)18(21)9-8-14-11-16(22-2)19(24-4)17(12-14)23-3/h6-7,10-12H,5,8-9,13H2,1-4H3. The monoisotopic (exact) mass is 363 g/mol. The maximum atomic E-state index is 12.5. The molecule has 0 fully saturated rings. The van der Waals surface area contributed by atoms with Crippen molar-refractivity contribution in [1.29, 1.82) is 0 Å².